The van der Waals surface area contributed by atoms with Crippen molar-refractivity contribution in [3.63, 3.8) is 0 Å². The van der Waals surface area contributed by atoms with Crippen molar-refractivity contribution in [3.8, 4) is 64.4 Å². The molecule has 0 aromatic heterocycles. The van der Waals surface area contributed by atoms with Crippen LogP contribution in [0.2, 0.25) is 0 Å². The van der Waals surface area contributed by atoms with Crippen molar-refractivity contribution in [1.29, 1.82) is 0 Å². The molecule has 75 heavy (non-hydrogen) atoms. The zero-order valence-corrected chi connectivity index (χ0v) is 41.4. The van der Waals surface area contributed by atoms with Crippen LogP contribution in [0.25, 0.3) is 33.4 Å². The molecule has 2 amide bonds. The second kappa shape index (κ2) is 24.6. The summed E-state index contributed by atoms with van der Waals surface area (Å²) in [6.45, 7) is 2.06. The van der Waals surface area contributed by atoms with Crippen LogP contribution in [-0.2, 0) is 24.7 Å². The SMILES string of the molecule is C#CCNC(=O)CCCCCNc1ccc2c(-c3ccccc3C(=O)O)c3ccc(=O)cc-3oc2c1.C#CCNC(=O)CCCCCNc1ccc2c(c1)Oc1cc(OCOC)ccc1C21OC(=O)c2ccccc21. The van der Waals surface area contributed by atoms with Crippen LogP contribution >= 0.6 is 0 Å². The molecule has 3 heterocycles. The molecule has 5 N–H and O–H groups in total. The number of nitrogens with one attached hydrogen (secondary N) is 4. The fourth-order valence-electron chi connectivity index (χ4n) is 9.26. The van der Waals surface area contributed by atoms with Crippen LogP contribution in [-0.4, -0.2) is 68.9 Å². The maximum atomic E-state index is 13.0. The Kier molecular flexibility index (Phi) is 17.1. The number of rotatable bonds is 21. The Bertz CT molecular complexity index is 3350. The molecule has 0 radical (unpaired) electrons. The number of anilines is 2. The number of carbonyl (C=O) groups is 4. The Morgan fingerprint density at radius 3 is 1.96 bits per heavy atom. The molecule has 0 fully saturated rings. The largest absolute Gasteiger partial charge is 0.478 e. The van der Waals surface area contributed by atoms with Crippen LogP contribution in [0.15, 0.2) is 131 Å². The monoisotopic (exact) mass is 1010 g/mol. The highest BCUT2D eigenvalue weighted by molar-refractivity contribution is 6.08. The number of amides is 2. The summed E-state index contributed by atoms with van der Waals surface area (Å²) in [6.07, 6.45) is 16.4. The van der Waals surface area contributed by atoms with Crippen LogP contribution in [0.1, 0.15) is 88.8 Å². The van der Waals surface area contributed by atoms with E-state index in [0.717, 1.165) is 78.5 Å². The summed E-state index contributed by atoms with van der Waals surface area (Å²) in [4.78, 5) is 60.2. The van der Waals surface area contributed by atoms with Gasteiger partial charge in [0.1, 0.15) is 28.6 Å². The molecule has 3 aliphatic heterocycles. The summed E-state index contributed by atoms with van der Waals surface area (Å²) in [5.41, 5.74) is 5.84. The van der Waals surface area contributed by atoms with E-state index in [1.165, 1.54) is 12.1 Å². The lowest BCUT2D eigenvalue weighted by atomic mass is 9.77. The van der Waals surface area contributed by atoms with Gasteiger partial charge < -0.3 is 49.7 Å². The van der Waals surface area contributed by atoms with E-state index < -0.39 is 11.6 Å². The number of methoxy groups -OCH3 is 1. The number of ether oxygens (including phenoxy) is 4. The van der Waals surface area contributed by atoms with Gasteiger partial charge in [-0.2, -0.15) is 0 Å². The Balaban J connectivity index is 0.000000200. The summed E-state index contributed by atoms with van der Waals surface area (Å²) >= 11 is 0. The molecule has 4 aliphatic rings. The van der Waals surface area contributed by atoms with Gasteiger partial charge in [-0.05, 0) is 91.9 Å². The summed E-state index contributed by atoms with van der Waals surface area (Å²) in [5.74, 6) is 5.42. The first-order valence-electron chi connectivity index (χ1n) is 24.7. The van der Waals surface area contributed by atoms with Gasteiger partial charge in [0.15, 0.2) is 17.8 Å². The first-order valence-corrected chi connectivity index (χ1v) is 24.7. The lowest BCUT2D eigenvalue weighted by Crippen LogP contribution is -2.33. The van der Waals surface area contributed by atoms with Crippen molar-refractivity contribution < 1.29 is 47.6 Å². The van der Waals surface area contributed by atoms with E-state index in [0.29, 0.717) is 70.2 Å². The summed E-state index contributed by atoms with van der Waals surface area (Å²) in [6, 6.07) is 35.8. The Morgan fingerprint density at radius 2 is 1.28 bits per heavy atom. The number of fused-ring (bicyclic) bond motifs is 8. The third kappa shape index (κ3) is 12.1. The molecule has 0 bridgehead atoms. The van der Waals surface area contributed by atoms with Gasteiger partial charge >= 0.3 is 11.9 Å². The van der Waals surface area contributed by atoms with Crippen molar-refractivity contribution in [2.75, 3.05) is 50.7 Å². The van der Waals surface area contributed by atoms with Gasteiger partial charge in [0.05, 0.1) is 24.2 Å². The van der Waals surface area contributed by atoms with Gasteiger partial charge in [-0.15, -0.1) is 12.8 Å². The normalized spacial score (nSPS) is 13.6. The average molecular weight is 1010 g/mol. The summed E-state index contributed by atoms with van der Waals surface area (Å²) in [5, 5.41) is 22.7. The second-order valence-corrected chi connectivity index (χ2v) is 17.8. The molecule has 1 aliphatic carbocycles. The molecule has 9 rings (SSSR count). The van der Waals surface area contributed by atoms with E-state index in [2.05, 4.69) is 33.1 Å². The maximum Gasteiger partial charge on any atom is 0.340 e. The predicted molar refractivity (Wildman–Crippen MR) is 286 cm³/mol. The zero-order valence-electron chi connectivity index (χ0n) is 41.4. The fraction of sp³-hybridized carbons (Fsp3) is 0.250. The third-order valence-electron chi connectivity index (χ3n) is 12.7. The summed E-state index contributed by atoms with van der Waals surface area (Å²) < 4.78 is 29.3. The Labute approximate surface area is 434 Å². The summed E-state index contributed by atoms with van der Waals surface area (Å²) in [7, 11) is 1.56. The zero-order chi connectivity index (χ0) is 52.7. The van der Waals surface area contributed by atoms with Gasteiger partial charge in [0, 0.05) is 102 Å². The molecule has 1 unspecified atom stereocenters. The van der Waals surface area contributed by atoms with Crippen molar-refractivity contribution in [3.05, 3.63) is 159 Å². The minimum absolute atomic E-state index is 0.0214. The number of carboxylic acid groups (broad SMARTS) is 1. The van der Waals surface area contributed by atoms with Gasteiger partial charge in [-0.25, -0.2) is 9.59 Å². The van der Waals surface area contributed by atoms with Gasteiger partial charge in [0.25, 0.3) is 0 Å². The molecule has 0 saturated heterocycles. The van der Waals surface area contributed by atoms with Crippen molar-refractivity contribution in [2.45, 2.75) is 57.0 Å². The first-order chi connectivity index (χ1) is 36.5. The molecule has 15 nitrogen and oxygen atoms in total. The highest BCUT2D eigenvalue weighted by atomic mass is 16.7. The molecule has 15 heteroatoms. The van der Waals surface area contributed by atoms with E-state index in [1.54, 1.807) is 49.6 Å². The fourth-order valence-corrected chi connectivity index (χ4v) is 9.26. The number of benzene rings is 6. The molecular weight excluding hydrogens is 953 g/mol. The molecule has 382 valence electrons. The third-order valence-corrected chi connectivity index (χ3v) is 12.7. The van der Waals surface area contributed by atoms with E-state index in [1.807, 2.05) is 66.7 Å². The number of unbranched alkanes of at least 4 members (excludes halogenated alkanes) is 4. The molecule has 1 atom stereocenters. The number of carboxylic acids is 1. The lowest BCUT2D eigenvalue weighted by molar-refractivity contribution is -0.121. The van der Waals surface area contributed by atoms with E-state index >= 15 is 0 Å². The predicted octanol–water partition coefficient (Wildman–Crippen LogP) is 9.94. The second-order valence-electron chi connectivity index (χ2n) is 17.8. The van der Waals surface area contributed by atoms with Crippen LogP contribution < -0.4 is 36.2 Å². The van der Waals surface area contributed by atoms with E-state index in [9.17, 15) is 29.1 Å². The van der Waals surface area contributed by atoms with E-state index in [-0.39, 0.29) is 48.7 Å². The molecule has 5 aromatic carbocycles. The topological polar surface area (TPSA) is 204 Å². The minimum Gasteiger partial charge on any atom is -0.478 e. The number of hydrogen-bond donors (Lipinski definition) is 5. The van der Waals surface area contributed by atoms with E-state index in [4.69, 9.17) is 36.2 Å². The average Bonchev–Trinajstić information content (AvgIpc) is 3.82. The Hall–Kier alpha value is -9.05. The van der Waals surface area contributed by atoms with Gasteiger partial charge in [-0.1, -0.05) is 61.1 Å². The molecule has 1 spiro atoms. The number of hydrogen-bond acceptors (Lipinski definition) is 12. The Morgan fingerprint density at radius 1 is 0.653 bits per heavy atom. The van der Waals surface area contributed by atoms with Gasteiger partial charge in [0.2, 0.25) is 11.8 Å². The van der Waals surface area contributed by atoms with Crippen LogP contribution in [0, 0.1) is 24.7 Å². The molecule has 0 saturated carbocycles. The number of terminal acetylenes is 2. The number of aromatic carboxylic acids is 1. The van der Waals surface area contributed by atoms with Crippen molar-refractivity contribution in [1.82, 2.24) is 10.6 Å². The number of esters is 1. The van der Waals surface area contributed by atoms with Crippen molar-refractivity contribution in [2.24, 2.45) is 0 Å². The minimum atomic E-state index is -1.13. The number of carbonyl (C=O) groups excluding carboxylic acids is 3. The molecular formula is C60H56N4O11. The standard InChI is InChI=1S/C31H30N2O6.C29H26N2O5/c1-3-16-33-29(34)11-5-4-8-17-32-21-12-14-25-27(18-21)38-28-19-22(37-20-36-2)13-15-26(28)31(25)24-10-7-6-9-23(24)30(35)39-31;1-2-15-31-27(33)10-4-3-7-16-30-19-11-13-23-25(17-19)36-26-18-20(32)12-14-24(26)28(23)21-8-5-6-9-22(21)29(34)35/h1,6-7,9-10,12-15,18-19,32H,4-5,8,11,16-17,20H2,2H3,(H,33,34);1,5-6,8-9,11-14,17-18,30H,3-4,7,10,15-16H2,(H,31,33)(H,34,35). The van der Waals surface area contributed by atoms with Crippen molar-refractivity contribution >= 4 is 46.1 Å². The first kappa shape index (κ1) is 52.3. The van der Waals surface area contributed by atoms with Crippen LogP contribution in [0.3, 0.4) is 0 Å². The quantitative estimate of drug-likeness (QED) is 0.0150. The van der Waals surface area contributed by atoms with Crippen LogP contribution in [0.5, 0.6) is 17.2 Å². The molecule has 5 aromatic rings. The smallest absolute Gasteiger partial charge is 0.340 e. The highest BCUT2D eigenvalue weighted by Crippen LogP contribution is 2.57. The maximum absolute atomic E-state index is 13.0. The highest BCUT2D eigenvalue weighted by Gasteiger charge is 2.53. The van der Waals surface area contributed by atoms with Gasteiger partial charge in [-0.3, -0.25) is 14.4 Å². The lowest BCUT2D eigenvalue weighted by Gasteiger charge is -2.36. The van der Waals surface area contributed by atoms with Crippen LogP contribution in [0.4, 0.5) is 11.4 Å².